The van der Waals surface area contributed by atoms with E-state index in [1.807, 2.05) is 6.20 Å². The van der Waals surface area contributed by atoms with E-state index in [1.165, 1.54) is 44.5 Å². The highest BCUT2D eigenvalue weighted by molar-refractivity contribution is 7.26. The molecule has 0 aliphatic carbocycles. The summed E-state index contributed by atoms with van der Waals surface area (Å²) in [7, 11) is 0. The maximum atomic E-state index is 5.43. The van der Waals surface area contributed by atoms with E-state index in [2.05, 4.69) is 176 Å². The van der Waals surface area contributed by atoms with Crippen LogP contribution in [0.5, 0.6) is 0 Å². The predicted molar refractivity (Wildman–Crippen MR) is 208 cm³/mol. The lowest BCUT2D eigenvalue weighted by Crippen LogP contribution is -1.92. The Hall–Kier alpha value is -6.16. The molecule has 6 aromatic carbocycles. The van der Waals surface area contributed by atoms with E-state index in [4.69, 9.17) is 9.97 Å². The molecule has 9 rings (SSSR count). The summed E-state index contributed by atoms with van der Waals surface area (Å²) >= 11 is 1.73. The Morgan fingerprint density at radius 2 is 0.816 bits per heavy atom. The van der Waals surface area contributed by atoms with E-state index in [1.54, 1.807) is 11.3 Å². The molecule has 0 aliphatic heterocycles. The molecule has 0 radical (unpaired) electrons. The number of pyridine rings is 2. The number of nitrogens with zero attached hydrogens (tertiary/aromatic N) is 2. The van der Waals surface area contributed by atoms with Crippen LogP contribution in [0, 0.1) is 0 Å². The van der Waals surface area contributed by atoms with E-state index in [0.717, 1.165) is 42.8 Å². The van der Waals surface area contributed by atoms with Crippen LogP contribution in [0.15, 0.2) is 182 Å². The fraction of sp³-hybridized carbons (Fsp3) is 0. The molecule has 0 saturated heterocycles. The second kappa shape index (κ2) is 12.5. The van der Waals surface area contributed by atoms with Crippen molar-refractivity contribution >= 4 is 31.8 Å². The highest BCUT2D eigenvalue weighted by Crippen LogP contribution is 2.47. The Bertz CT molecular complexity index is 2460. The molecule has 49 heavy (non-hydrogen) atoms. The summed E-state index contributed by atoms with van der Waals surface area (Å²) in [6, 6.07) is 62.3. The summed E-state index contributed by atoms with van der Waals surface area (Å²) in [6.45, 7) is 0. The standard InChI is InChI=1S/C46H30N2S/c1-5-15-31(16-6-1)35-23-13-24-36(32-17-7-2-8-18-32)42(35)39-29-30-47-44-40-27-28-41(48-46(40)49-45(39)44)43-37(33-19-9-3-10-20-33)25-14-26-38(43)34-21-11-4-12-22-34/h1-30H. The summed E-state index contributed by atoms with van der Waals surface area (Å²) in [6.07, 6.45) is 1.95. The van der Waals surface area contributed by atoms with Gasteiger partial charge in [0, 0.05) is 22.7 Å². The second-order valence-electron chi connectivity index (χ2n) is 12.1. The highest BCUT2D eigenvalue weighted by Gasteiger charge is 2.21. The first-order chi connectivity index (χ1) is 24.3. The molecule has 2 nitrogen and oxygen atoms in total. The average Bonchev–Trinajstić information content (AvgIpc) is 3.57. The monoisotopic (exact) mass is 642 g/mol. The first kappa shape index (κ1) is 29.0. The van der Waals surface area contributed by atoms with E-state index in [0.29, 0.717) is 0 Å². The van der Waals surface area contributed by atoms with Crippen molar-refractivity contribution in [2.75, 3.05) is 0 Å². The van der Waals surface area contributed by atoms with Crippen LogP contribution < -0.4 is 0 Å². The molecule has 0 atom stereocenters. The summed E-state index contributed by atoms with van der Waals surface area (Å²) in [5.74, 6) is 0. The minimum Gasteiger partial charge on any atom is -0.255 e. The van der Waals surface area contributed by atoms with Crippen LogP contribution in [0.4, 0.5) is 0 Å². The van der Waals surface area contributed by atoms with Crippen molar-refractivity contribution in [1.82, 2.24) is 9.97 Å². The van der Waals surface area contributed by atoms with E-state index < -0.39 is 0 Å². The fourth-order valence-electron chi connectivity index (χ4n) is 6.98. The van der Waals surface area contributed by atoms with Gasteiger partial charge in [-0.2, -0.15) is 0 Å². The molecule has 0 spiro atoms. The molecule has 3 heterocycles. The Morgan fingerprint density at radius 3 is 1.29 bits per heavy atom. The van der Waals surface area contributed by atoms with Crippen molar-refractivity contribution in [2.24, 2.45) is 0 Å². The number of thiophene rings is 1. The maximum absolute atomic E-state index is 5.43. The largest absolute Gasteiger partial charge is 0.255 e. The summed E-state index contributed by atoms with van der Waals surface area (Å²) in [5.41, 5.74) is 14.9. The number of benzene rings is 6. The molecule has 0 unspecified atom stereocenters. The van der Waals surface area contributed by atoms with Gasteiger partial charge in [-0.1, -0.05) is 158 Å². The average molecular weight is 643 g/mol. The first-order valence-electron chi connectivity index (χ1n) is 16.5. The van der Waals surface area contributed by atoms with Crippen LogP contribution in [0.1, 0.15) is 0 Å². The van der Waals surface area contributed by atoms with Crippen LogP contribution >= 0.6 is 11.3 Å². The number of hydrogen-bond acceptors (Lipinski definition) is 3. The maximum Gasteiger partial charge on any atom is 0.126 e. The lowest BCUT2D eigenvalue weighted by atomic mass is 9.88. The number of rotatable bonds is 6. The third kappa shape index (κ3) is 5.22. The molecule has 0 saturated carbocycles. The summed E-state index contributed by atoms with van der Waals surface area (Å²) in [5, 5.41) is 1.07. The van der Waals surface area contributed by atoms with Gasteiger partial charge >= 0.3 is 0 Å². The van der Waals surface area contributed by atoms with E-state index in [9.17, 15) is 0 Å². The third-order valence-corrected chi connectivity index (χ3v) is 10.3. The molecule has 9 aromatic rings. The van der Waals surface area contributed by atoms with Gasteiger partial charge in [0.05, 0.1) is 15.9 Å². The molecule has 0 aliphatic rings. The second-order valence-corrected chi connectivity index (χ2v) is 13.1. The smallest absolute Gasteiger partial charge is 0.126 e. The Labute approximate surface area is 289 Å². The SMILES string of the molecule is c1ccc(-c2cccc(-c3ccccc3)c2-c2ccc3c(n2)sc2c(-c4c(-c5ccccc5)cccc4-c4ccccc4)ccnc23)cc1. The van der Waals surface area contributed by atoms with E-state index >= 15 is 0 Å². The van der Waals surface area contributed by atoms with E-state index in [-0.39, 0.29) is 0 Å². The Kier molecular flexibility index (Phi) is 7.38. The van der Waals surface area contributed by atoms with Gasteiger partial charge < -0.3 is 0 Å². The van der Waals surface area contributed by atoms with Crippen LogP contribution in [0.3, 0.4) is 0 Å². The number of fused-ring (bicyclic) bond motifs is 3. The van der Waals surface area contributed by atoms with Gasteiger partial charge in [0.1, 0.15) is 4.83 Å². The molecule has 0 bridgehead atoms. The van der Waals surface area contributed by atoms with Gasteiger partial charge in [-0.15, -0.1) is 11.3 Å². The van der Waals surface area contributed by atoms with Gasteiger partial charge in [0.25, 0.3) is 0 Å². The predicted octanol–water partition coefficient (Wildman–Crippen LogP) is 12.8. The first-order valence-corrected chi connectivity index (χ1v) is 17.3. The molecule has 3 aromatic heterocycles. The topological polar surface area (TPSA) is 25.8 Å². The number of aromatic nitrogens is 2. The van der Waals surface area contributed by atoms with Crippen molar-refractivity contribution < 1.29 is 0 Å². The minimum atomic E-state index is 0.952. The fourth-order valence-corrected chi connectivity index (χ4v) is 8.13. The normalized spacial score (nSPS) is 11.3. The van der Waals surface area contributed by atoms with Crippen molar-refractivity contribution in [3.63, 3.8) is 0 Å². The molecule has 230 valence electrons. The van der Waals surface area contributed by atoms with Crippen molar-refractivity contribution in [1.29, 1.82) is 0 Å². The van der Waals surface area contributed by atoms with Crippen molar-refractivity contribution in [3.8, 4) is 66.9 Å². The Morgan fingerprint density at radius 1 is 0.367 bits per heavy atom. The van der Waals surface area contributed by atoms with Gasteiger partial charge in [-0.25, -0.2) is 4.98 Å². The third-order valence-electron chi connectivity index (χ3n) is 9.21. The molecule has 3 heteroatoms. The molecule has 0 fully saturated rings. The Balaban J connectivity index is 1.29. The van der Waals surface area contributed by atoms with Crippen LogP contribution in [0.25, 0.3) is 87.3 Å². The molecular weight excluding hydrogens is 613 g/mol. The summed E-state index contributed by atoms with van der Waals surface area (Å²) in [4.78, 5) is 11.4. The summed E-state index contributed by atoms with van der Waals surface area (Å²) < 4.78 is 1.14. The van der Waals surface area contributed by atoms with Crippen LogP contribution in [-0.2, 0) is 0 Å². The lowest BCUT2D eigenvalue weighted by Gasteiger charge is -2.16. The number of hydrogen-bond donors (Lipinski definition) is 0. The highest BCUT2D eigenvalue weighted by atomic mass is 32.1. The minimum absolute atomic E-state index is 0.952. The van der Waals surface area contributed by atoms with Crippen molar-refractivity contribution in [2.45, 2.75) is 0 Å². The zero-order valence-electron chi connectivity index (χ0n) is 26.6. The molecule has 0 N–H and O–H groups in total. The van der Waals surface area contributed by atoms with Gasteiger partial charge in [0.15, 0.2) is 0 Å². The quantitative estimate of drug-likeness (QED) is 0.180. The zero-order chi connectivity index (χ0) is 32.6. The van der Waals surface area contributed by atoms with Gasteiger partial charge in [-0.3, -0.25) is 4.98 Å². The van der Waals surface area contributed by atoms with Crippen LogP contribution in [0.2, 0.25) is 0 Å². The molecule has 0 amide bonds. The van der Waals surface area contributed by atoms with Gasteiger partial charge in [-0.05, 0) is 68.3 Å². The van der Waals surface area contributed by atoms with Crippen molar-refractivity contribution in [3.05, 3.63) is 182 Å². The zero-order valence-corrected chi connectivity index (χ0v) is 27.4. The molecular formula is C46H30N2S. The van der Waals surface area contributed by atoms with Crippen LogP contribution in [-0.4, -0.2) is 9.97 Å². The van der Waals surface area contributed by atoms with Gasteiger partial charge in [0.2, 0.25) is 0 Å². The lowest BCUT2D eigenvalue weighted by molar-refractivity contribution is 1.41.